The number of rotatable bonds is 6. The molecule has 2 aromatic rings. The fraction of sp³-hybridized carbons (Fsp3) is 0.550. The Hall–Kier alpha value is -1.85. The standard InChI is InChI=1S/C20H28N4O/c1-15-11-18(15)19-5-4-17(25-19)14-21-12-16-3-6-20(22-13-16)24-9-7-23(2)8-10-24/h3-6,13,15,18,21H,7-12,14H2,1-2H3/t15-,18+/m1/s1. The van der Waals surface area contributed by atoms with E-state index >= 15 is 0 Å². The van der Waals surface area contributed by atoms with E-state index in [0.29, 0.717) is 5.92 Å². The fourth-order valence-corrected chi connectivity index (χ4v) is 3.48. The number of anilines is 1. The van der Waals surface area contributed by atoms with E-state index in [4.69, 9.17) is 4.42 Å². The molecule has 0 spiro atoms. The highest BCUT2D eigenvalue weighted by Crippen LogP contribution is 2.47. The second-order valence-electron chi connectivity index (χ2n) is 7.54. The van der Waals surface area contributed by atoms with E-state index < -0.39 is 0 Å². The van der Waals surface area contributed by atoms with Gasteiger partial charge in [0.1, 0.15) is 17.3 Å². The van der Waals surface area contributed by atoms with Crippen molar-refractivity contribution in [3.63, 3.8) is 0 Å². The largest absolute Gasteiger partial charge is 0.464 e. The number of nitrogens with zero attached hydrogens (tertiary/aromatic N) is 3. The Labute approximate surface area is 150 Å². The minimum Gasteiger partial charge on any atom is -0.464 e. The summed E-state index contributed by atoms with van der Waals surface area (Å²) in [5.41, 5.74) is 1.21. The molecule has 1 saturated heterocycles. The Balaban J connectivity index is 1.25. The van der Waals surface area contributed by atoms with Crippen LogP contribution in [0.1, 0.15) is 36.3 Å². The Morgan fingerprint density at radius 3 is 2.60 bits per heavy atom. The van der Waals surface area contributed by atoms with Crippen LogP contribution in [0, 0.1) is 5.92 Å². The first kappa shape index (κ1) is 16.6. The van der Waals surface area contributed by atoms with Crippen LogP contribution in [0.25, 0.3) is 0 Å². The lowest BCUT2D eigenvalue weighted by Gasteiger charge is -2.33. The molecule has 0 radical (unpaired) electrons. The molecular weight excluding hydrogens is 312 g/mol. The Bertz CT molecular complexity index is 688. The summed E-state index contributed by atoms with van der Waals surface area (Å²) >= 11 is 0. The Morgan fingerprint density at radius 2 is 1.92 bits per heavy atom. The third-order valence-electron chi connectivity index (χ3n) is 5.42. The van der Waals surface area contributed by atoms with Gasteiger partial charge in [0.15, 0.2) is 0 Å². The van der Waals surface area contributed by atoms with Crippen molar-refractivity contribution in [1.29, 1.82) is 0 Å². The van der Waals surface area contributed by atoms with Gasteiger partial charge in [0.2, 0.25) is 0 Å². The molecule has 4 rings (SSSR count). The summed E-state index contributed by atoms with van der Waals surface area (Å²) in [6, 6.07) is 8.55. The van der Waals surface area contributed by atoms with Crippen LogP contribution in [0.2, 0.25) is 0 Å². The number of pyridine rings is 1. The predicted molar refractivity (Wildman–Crippen MR) is 99.7 cm³/mol. The van der Waals surface area contributed by atoms with Crippen molar-refractivity contribution in [2.75, 3.05) is 38.1 Å². The van der Waals surface area contributed by atoms with Crippen molar-refractivity contribution in [2.45, 2.75) is 32.4 Å². The van der Waals surface area contributed by atoms with E-state index in [-0.39, 0.29) is 0 Å². The van der Waals surface area contributed by atoms with Gasteiger partial charge in [-0.1, -0.05) is 13.0 Å². The van der Waals surface area contributed by atoms with Crippen LogP contribution < -0.4 is 10.2 Å². The molecule has 1 aliphatic carbocycles. The number of hydrogen-bond acceptors (Lipinski definition) is 5. The van der Waals surface area contributed by atoms with Crippen LogP contribution in [0.15, 0.2) is 34.9 Å². The maximum atomic E-state index is 5.93. The average Bonchev–Trinajstić information content (AvgIpc) is 3.17. The van der Waals surface area contributed by atoms with Crippen molar-refractivity contribution < 1.29 is 4.42 Å². The van der Waals surface area contributed by atoms with Crippen LogP contribution in [0.5, 0.6) is 0 Å². The zero-order chi connectivity index (χ0) is 17.2. The maximum Gasteiger partial charge on any atom is 0.128 e. The molecule has 1 saturated carbocycles. The van der Waals surface area contributed by atoms with Crippen LogP contribution >= 0.6 is 0 Å². The summed E-state index contributed by atoms with van der Waals surface area (Å²) in [6.45, 7) is 8.19. The highest BCUT2D eigenvalue weighted by molar-refractivity contribution is 5.39. The molecule has 0 bridgehead atoms. The second kappa shape index (κ2) is 7.18. The minimum absolute atomic E-state index is 0.653. The third-order valence-corrected chi connectivity index (χ3v) is 5.42. The third kappa shape index (κ3) is 4.05. The molecule has 2 atom stereocenters. The topological polar surface area (TPSA) is 44.5 Å². The molecule has 0 unspecified atom stereocenters. The summed E-state index contributed by atoms with van der Waals surface area (Å²) in [7, 11) is 2.17. The van der Waals surface area contributed by atoms with Gasteiger partial charge in [-0.2, -0.15) is 0 Å². The molecule has 3 heterocycles. The summed E-state index contributed by atoms with van der Waals surface area (Å²) in [5.74, 6) is 4.71. The number of furan rings is 1. The van der Waals surface area contributed by atoms with Gasteiger partial charge in [-0.15, -0.1) is 0 Å². The molecule has 25 heavy (non-hydrogen) atoms. The maximum absolute atomic E-state index is 5.93. The molecule has 2 aromatic heterocycles. The second-order valence-corrected chi connectivity index (χ2v) is 7.54. The molecular formula is C20H28N4O. The van der Waals surface area contributed by atoms with E-state index in [9.17, 15) is 0 Å². The first-order valence-corrected chi connectivity index (χ1v) is 9.37. The van der Waals surface area contributed by atoms with Crippen LogP contribution in [0.3, 0.4) is 0 Å². The lowest BCUT2D eigenvalue weighted by atomic mass is 10.2. The summed E-state index contributed by atoms with van der Waals surface area (Å²) in [4.78, 5) is 9.36. The quantitative estimate of drug-likeness (QED) is 0.876. The van der Waals surface area contributed by atoms with Gasteiger partial charge < -0.3 is 19.5 Å². The van der Waals surface area contributed by atoms with Crippen molar-refractivity contribution >= 4 is 5.82 Å². The van der Waals surface area contributed by atoms with E-state index in [1.807, 2.05) is 6.20 Å². The lowest BCUT2D eigenvalue weighted by molar-refractivity contribution is 0.312. The van der Waals surface area contributed by atoms with Gasteiger partial charge in [0, 0.05) is 44.8 Å². The fourth-order valence-electron chi connectivity index (χ4n) is 3.48. The molecule has 1 aliphatic heterocycles. The van der Waals surface area contributed by atoms with Crippen LogP contribution in [0.4, 0.5) is 5.82 Å². The van der Waals surface area contributed by atoms with Crippen LogP contribution in [-0.2, 0) is 13.1 Å². The van der Waals surface area contributed by atoms with Gasteiger partial charge >= 0.3 is 0 Å². The number of likely N-dealkylation sites (N-methyl/N-ethyl adjacent to an activating group) is 1. The Kier molecular flexibility index (Phi) is 4.77. The smallest absolute Gasteiger partial charge is 0.128 e. The summed E-state index contributed by atoms with van der Waals surface area (Å²) in [5, 5.41) is 3.45. The van der Waals surface area contributed by atoms with Gasteiger partial charge in [-0.05, 0) is 43.1 Å². The van der Waals surface area contributed by atoms with Crippen molar-refractivity contribution in [1.82, 2.24) is 15.2 Å². The molecule has 2 fully saturated rings. The summed E-state index contributed by atoms with van der Waals surface area (Å²) in [6.07, 6.45) is 3.26. The van der Waals surface area contributed by atoms with Crippen molar-refractivity contribution in [3.8, 4) is 0 Å². The highest BCUT2D eigenvalue weighted by Gasteiger charge is 2.36. The van der Waals surface area contributed by atoms with Crippen LogP contribution in [-0.4, -0.2) is 43.1 Å². The van der Waals surface area contributed by atoms with Crippen molar-refractivity contribution in [2.24, 2.45) is 5.92 Å². The molecule has 5 nitrogen and oxygen atoms in total. The Morgan fingerprint density at radius 1 is 1.12 bits per heavy atom. The zero-order valence-corrected chi connectivity index (χ0v) is 15.2. The molecule has 2 aliphatic rings. The van der Waals surface area contributed by atoms with E-state index in [0.717, 1.165) is 62.5 Å². The SMILES string of the molecule is C[C@@H]1C[C@@H]1c1ccc(CNCc2ccc(N3CCN(C)CC3)nc2)o1. The van der Waals surface area contributed by atoms with E-state index in [1.165, 1.54) is 12.0 Å². The van der Waals surface area contributed by atoms with Gasteiger partial charge in [0.25, 0.3) is 0 Å². The number of nitrogens with one attached hydrogen (secondary N) is 1. The lowest BCUT2D eigenvalue weighted by Crippen LogP contribution is -2.44. The molecule has 0 amide bonds. The first-order valence-electron chi connectivity index (χ1n) is 9.37. The molecule has 5 heteroatoms. The summed E-state index contributed by atoms with van der Waals surface area (Å²) < 4.78 is 5.93. The van der Waals surface area contributed by atoms with E-state index in [2.05, 4.69) is 58.3 Å². The van der Waals surface area contributed by atoms with Gasteiger partial charge in [0.05, 0.1) is 6.54 Å². The first-order chi connectivity index (χ1) is 12.2. The number of piperazine rings is 1. The monoisotopic (exact) mass is 340 g/mol. The van der Waals surface area contributed by atoms with Crippen molar-refractivity contribution in [3.05, 3.63) is 47.5 Å². The predicted octanol–water partition coefficient (Wildman–Crippen LogP) is 2.84. The molecule has 134 valence electrons. The highest BCUT2D eigenvalue weighted by atomic mass is 16.3. The van der Waals surface area contributed by atoms with Gasteiger partial charge in [-0.3, -0.25) is 0 Å². The normalized spacial score (nSPS) is 23.8. The number of hydrogen-bond donors (Lipinski definition) is 1. The average molecular weight is 340 g/mol. The number of aromatic nitrogens is 1. The molecule has 0 aromatic carbocycles. The van der Waals surface area contributed by atoms with E-state index in [1.54, 1.807) is 0 Å². The zero-order valence-electron chi connectivity index (χ0n) is 15.2. The minimum atomic E-state index is 0.653. The van der Waals surface area contributed by atoms with Gasteiger partial charge in [-0.25, -0.2) is 4.98 Å². The molecule has 1 N–H and O–H groups in total.